The zero-order chi connectivity index (χ0) is 20.4. The maximum atomic E-state index is 13.0. The van der Waals surface area contributed by atoms with Crippen molar-refractivity contribution in [2.45, 2.75) is 19.9 Å². The van der Waals surface area contributed by atoms with Crippen LogP contribution >= 0.6 is 0 Å². The molecule has 0 bridgehead atoms. The van der Waals surface area contributed by atoms with Crippen LogP contribution < -0.4 is 5.32 Å². The van der Waals surface area contributed by atoms with Crippen LogP contribution in [0.3, 0.4) is 0 Å². The van der Waals surface area contributed by atoms with E-state index in [1.54, 1.807) is 36.4 Å². The van der Waals surface area contributed by atoms with Gasteiger partial charge < -0.3 is 5.32 Å². The number of pyridine rings is 1. The fraction of sp³-hybridized carbons (Fsp3) is 0.130. The first kappa shape index (κ1) is 18.6. The van der Waals surface area contributed by atoms with Crippen molar-refractivity contribution in [3.05, 3.63) is 101 Å². The van der Waals surface area contributed by atoms with Gasteiger partial charge in [0.15, 0.2) is 17.3 Å². The number of hydrogen-bond donors (Lipinski definition) is 1. The van der Waals surface area contributed by atoms with E-state index in [1.165, 1.54) is 0 Å². The summed E-state index contributed by atoms with van der Waals surface area (Å²) in [4.78, 5) is 25.9. The summed E-state index contributed by atoms with van der Waals surface area (Å²) in [7, 11) is 0. The second-order valence-corrected chi connectivity index (χ2v) is 6.92. The second-order valence-electron chi connectivity index (χ2n) is 6.92. The van der Waals surface area contributed by atoms with Gasteiger partial charge in [0.25, 0.3) is 5.91 Å². The molecule has 2 aromatic carbocycles. The van der Waals surface area contributed by atoms with Crippen molar-refractivity contribution < 1.29 is 9.59 Å². The predicted octanol–water partition coefficient (Wildman–Crippen LogP) is 3.76. The SMILES string of the molecule is Cc1ccc(C(=O)c2ccccc2C(=O)NC(C)c2nnc3ccccn23)cc1. The van der Waals surface area contributed by atoms with Gasteiger partial charge in [-0.15, -0.1) is 10.2 Å². The van der Waals surface area contributed by atoms with E-state index in [1.807, 2.05) is 54.8 Å². The monoisotopic (exact) mass is 384 g/mol. The molecule has 2 aromatic heterocycles. The smallest absolute Gasteiger partial charge is 0.252 e. The minimum absolute atomic E-state index is 0.184. The van der Waals surface area contributed by atoms with Gasteiger partial charge in [0.05, 0.1) is 11.6 Å². The summed E-state index contributed by atoms with van der Waals surface area (Å²) in [5.74, 6) is 0.105. The van der Waals surface area contributed by atoms with Crippen molar-refractivity contribution in [2.24, 2.45) is 0 Å². The molecule has 0 aliphatic carbocycles. The molecule has 6 heteroatoms. The first-order chi connectivity index (χ1) is 14.0. The first-order valence-corrected chi connectivity index (χ1v) is 9.35. The second kappa shape index (κ2) is 7.67. The van der Waals surface area contributed by atoms with Crippen molar-refractivity contribution in [3.8, 4) is 0 Å². The Morgan fingerprint density at radius 1 is 0.897 bits per heavy atom. The van der Waals surface area contributed by atoms with Gasteiger partial charge in [0.2, 0.25) is 0 Å². The Bertz CT molecular complexity index is 1190. The molecular weight excluding hydrogens is 364 g/mol. The third-order valence-electron chi connectivity index (χ3n) is 4.81. The van der Waals surface area contributed by atoms with Gasteiger partial charge in [-0.3, -0.25) is 14.0 Å². The molecule has 0 saturated heterocycles. The van der Waals surface area contributed by atoms with Crippen molar-refractivity contribution >= 4 is 17.3 Å². The molecule has 0 fully saturated rings. The molecule has 1 amide bonds. The molecule has 1 unspecified atom stereocenters. The summed E-state index contributed by atoms with van der Waals surface area (Å²) in [6.07, 6.45) is 1.85. The van der Waals surface area contributed by atoms with Crippen LogP contribution in [0.4, 0.5) is 0 Å². The molecule has 1 N–H and O–H groups in total. The van der Waals surface area contributed by atoms with E-state index in [2.05, 4.69) is 15.5 Å². The number of aryl methyl sites for hydroxylation is 1. The van der Waals surface area contributed by atoms with Crippen LogP contribution in [-0.2, 0) is 0 Å². The van der Waals surface area contributed by atoms with E-state index >= 15 is 0 Å². The number of ketones is 1. The summed E-state index contributed by atoms with van der Waals surface area (Å²) in [6, 6.07) is 19.4. The molecule has 4 aromatic rings. The molecule has 4 rings (SSSR count). The topological polar surface area (TPSA) is 76.4 Å². The average molecular weight is 384 g/mol. The van der Waals surface area contributed by atoms with Crippen molar-refractivity contribution in [3.63, 3.8) is 0 Å². The van der Waals surface area contributed by atoms with Crippen LogP contribution in [0, 0.1) is 6.92 Å². The molecule has 2 heterocycles. The van der Waals surface area contributed by atoms with Crippen LogP contribution in [0.1, 0.15) is 50.6 Å². The summed E-state index contributed by atoms with van der Waals surface area (Å²) >= 11 is 0. The number of hydrogen-bond acceptors (Lipinski definition) is 4. The van der Waals surface area contributed by atoms with Gasteiger partial charge in [0, 0.05) is 17.3 Å². The highest BCUT2D eigenvalue weighted by atomic mass is 16.2. The Balaban J connectivity index is 1.61. The number of rotatable bonds is 5. The molecule has 0 radical (unpaired) electrons. The normalized spacial score (nSPS) is 11.9. The molecule has 144 valence electrons. The molecule has 0 aliphatic rings. The van der Waals surface area contributed by atoms with Crippen molar-refractivity contribution in [1.29, 1.82) is 0 Å². The minimum atomic E-state index is -0.387. The highest BCUT2D eigenvalue weighted by Crippen LogP contribution is 2.18. The summed E-state index contributed by atoms with van der Waals surface area (Å²) in [5.41, 5.74) is 3.03. The quantitative estimate of drug-likeness (QED) is 0.532. The number of nitrogens with one attached hydrogen (secondary N) is 1. The molecule has 1 atom stereocenters. The van der Waals surface area contributed by atoms with Crippen molar-refractivity contribution in [1.82, 2.24) is 19.9 Å². The predicted molar refractivity (Wildman–Crippen MR) is 110 cm³/mol. The Morgan fingerprint density at radius 3 is 2.34 bits per heavy atom. The van der Waals surface area contributed by atoms with E-state index in [-0.39, 0.29) is 17.7 Å². The zero-order valence-electron chi connectivity index (χ0n) is 16.2. The highest BCUT2D eigenvalue weighted by Gasteiger charge is 2.21. The molecular formula is C23H20N4O2. The van der Waals surface area contributed by atoms with Crippen LogP contribution in [0.2, 0.25) is 0 Å². The zero-order valence-corrected chi connectivity index (χ0v) is 16.2. The van der Waals surface area contributed by atoms with Crippen LogP contribution in [0.5, 0.6) is 0 Å². The van der Waals surface area contributed by atoms with Gasteiger partial charge in [0.1, 0.15) is 0 Å². The summed E-state index contributed by atoms with van der Waals surface area (Å²) in [5, 5.41) is 11.2. The number of aromatic nitrogens is 3. The standard InChI is InChI=1S/C23H20N4O2/c1-15-10-12-17(13-11-15)21(28)18-7-3-4-8-19(18)23(29)24-16(2)22-26-25-20-9-5-6-14-27(20)22/h3-14,16H,1-2H3,(H,24,29). The number of carbonyl (C=O) groups excluding carboxylic acids is 2. The Hall–Kier alpha value is -3.80. The molecule has 0 spiro atoms. The minimum Gasteiger partial charge on any atom is -0.342 e. The van der Waals surface area contributed by atoms with Gasteiger partial charge in [-0.05, 0) is 32.0 Å². The molecule has 0 aliphatic heterocycles. The van der Waals surface area contributed by atoms with Gasteiger partial charge in [-0.1, -0.05) is 54.1 Å². The van der Waals surface area contributed by atoms with E-state index in [0.29, 0.717) is 28.2 Å². The number of nitrogens with zero attached hydrogens (tertiary/aromatic N) is 3. The third kappa shape index (κ3) is 3.65. The molecule has 0 saturated carbocycles. The number of benzene rings is 2. The lowest BCUT2D eigenvalue weighted by atomic mass is 9.97. The fourth-order valence-electron chi connectivity index (χ4n) is 3.23. The lowest BCUT2D eigenvalue weighted by Crippen LogP contribution is -2.29. The Kier molecular flexibility index (Phi) is 4.91. The molecule has 6 nitrogen and oxygen atoms in total. The number of carbonyl (C=O) groups is 2. The lowest BCUT2D eigenvalue weighted by molar-refractivity contribution is 0.0928. The molecule has 29 heavy (non-hydrogen) atoms. The van der Waals surface area contributed by atoms with Crippen LogP contribution in [0.25, 0.3) is 5.65 Å². The van der Waals surface area contributed by atoms with Gasteiger partial charge in [-0.2, -0.15) is 0 Å². The number of amides is 1. The number of fused-ring (bicyclic) bond motifs is 1. The van der Waals surface area contributed by atoms with Gasteiger partial charge >= 0.3 is 0 Å². The summed E-state index contributed by atoms with van der Waals surface area (Å²) < 4.78 is 1.83. The Labute approximate surface area is 168 Å². The summed E-state index contributed by atoms with van der Waals surface area (Å²) in [6.45, 7) is 3.80. The lowest BCUT2D eigenvalue weighted by Gasteiger charge is -2.14. The van der Waals surface area contributed by atoms with E-state index < -0.39 is 0 Å². The van der Waals surface area contributed by atoms with Crippen molar-refractivity contribution in [2.75, 3.05) is 0 Å². The largest absolute Gasteiger partial charge is 0.342 e. The van der Waals surface area contributed by atoms with E-state index in [0.717, 1.165) is 5.56 Å². The first-order valence-electron chi connectivity index (χ1n) is 9.35. The van der Waals surface area contributed by atoms with Gasteiger partial charge in [-0.25, -0.2) is 0 Å². The fourth-order valence-corrected chi connectivity index (χ4v) is 3.23. The highest BCUT2D eigenvalue weighted by molar-refractivity contribution is 6.15. The Morgan fingerprint density at radius 2 is 1.59 bits per heavy atom. The van der Waals surface area contributed by atoms with Crippen LogP contribution in [-0.4, -0.2) is 26.3 Å². The van der Waals surface area contributed by atoms with Crippen LogP contribution in [0.15, 0.2) is 72.9 Å². The maximum absolute atomic E-state index is 13.0. The third-order valence-corrected chi connectivity index (χ3v) is 4.81. The average Bonchev–Trinajstić information content (AvgIpc) is 3.18. The van der Waals surface area contributed by atoms with E-state index in [9.17, 15) is 9.59 Å². The maximum Gasteiger partial charge on any atom is 0.252 e. The van der Waals surface area contributed by atoms with E-state index in [4.69, 9.17) is 0 Å².